The predicted octanol–water partition coefficient (Wildman–Crippen LogP) is 3.33. The van der Waals surface area contributed by atoms with Crippen LogP contribution in [0, 0.1) is 5.82 Å². The zero-order valence-electron chi connectivity index (χ0n) is 13.4. The Kier molecular flexibility index (Phi) is 5.20. The molecule has 3 rings (SSSR count). The van der Waals surface area contributed by atoms with Crippen LogP contribution in [0.1, 0.15) is 28.6 Å². The summed E-state index contributed by atoms with van der Waals surface area (Å²) in [4.78, 5) is 12.1. The average Bonchev–Trinajstić information content (AvgIpc) is 3.12. The third-order valence-electron chi connectivity index (χ3n) is 3.77. The lowest BCUT2D eigenvalue weighted by molar-refractivity contribution is 0.0933. The smallest absolute Gasteiger partial charge is 0.273 e. The number of carbonyl (C=O) groups excluding carboxylic acids is 1. The molecular weight excluding hydrogens is 323 g/mol. The highest BCUT2D eigenvalue weighted by molar-refractivity contribution is 5.93. The normalized spacial score (nSPS) is 11.9. The Bertz CT molecular complexity index is 849. The van der Waals surface area contributed by atoms with Crippen molar-refractivity contribution in [2.75, 3.05) is 6.54 Å². The van der Waals surface area contributed by atoms with Gasteiger partial charge in [-0.1, -0.05) is 47.6 Å². The fourth-order valence-electron chi connectivity index (χ4n) is 2.43. The van der Waals surface area contributed by atoms with Crippen LogP contribution in [0.15, 0.2) is 65.2 Å². The number of hydrogen-bond donors (Lipinski definition) is 2. The maximum absolute atomic E-state index is 13.7. The molecule has 0 aliphatic carbocycles. The van der Waals surface area contributed by atoms with Gasteiger partial charge in [-0.2, -0.15) is 0 Å². The maximum Gasteiger partial charge on any atom is 0.273 e. The van der Waals surface area contributed by atoms with E-state index in [2.05, 4.69) is 10.5 Å². The van der Waals surface area contributed by atoms with Gasteiger partial charge in [0.05, 0.1) is 11.7 Å². The van der Waals surface area contributed by atoms with Crippen molar-refractivity contribution < 1.29 is 18.8 Å². The summed E-state index contributed by atoms with van der Waals surface area (Å²) in [6, 6.07) is 16.7. The first-order chi connectivity index (χ1) is 12.1. The molecule has 1 aromatic heterocycles. The van der Waals surface area contributed by atoms with Crippen molar-refractivity contribution in [1.29, 1.82) is 0 Å². The van der Waals surface area contributed by atoms with E-state index in [1.54, 1.807) is 18.2 Å². The standard InChI is InChI=1S/C19H17FN2O3/c20-15-9-5-4-8-14(15)18-12-16(22-25-18)19(24)21-11-10-17(23)13-6-2-1-3-7-13/h1-9,12,17,23H,10-11H2,(H,21,24). The van der Waals surface area contributed by atoms with Gasteiger partial charge in [-0.05, 0) is 24.1 Å². The van der Waals surface area contributed by atoms with Gasteiger partial charge in [-0.3, -0.25) is 4.79 Å². The summed E-state index contributed by atoms with van der Waals surface area (Å²) >= 11 is 0. The van der Waals surface area contributed by atoms with E-state index in [9.17, 15) is 14.3 Å². The Morgan fingerprint density at radius 3 is 2.64 bits per heavy atom. The number of aliphatic hydroxyl groups excluding tert-OH is 1. The highest BCUT2D eigenvalue weighted by atomic mass is 19.1. The lowest BCUT2D eigenvalue weighted by Crippen LogP contribution is -2.25. The van der Waals surface area contributed by atoms with E-state index in [0.717, 1.165) is 5.56 Å². The van der Waals surface area contributed by atoms with Crippen LogP contribution < -0.4 is 5.32 Å². The summed E-state index contributed by atoms with van der Waals surface area (Å²) in [5.74, 6) is -0.698. The fourth-order valence-corrected chi connectivity index (χ4v) is 2.43. The summed E-state index contributed by atoms with van der Waals surface area (Å²) in [7, 11) is 0. The van der Waals surface area contributed by atoms with Crippen LogP contribution in [0.2, 0.25) is 0 Å². The van der Waals surface area contributed by atoms with Crippen molar-refractivity contribution in [2.24, 2.45) is 0 Å². The van der Waals surface area contributed by atoms with E-state index in [-0.39, 0.29) is 23.6 Å². The van der Waals surface area contributed by atoms with Crippen molar-refractivity contribution in [3.05, 3.63) is 77.7 Å². The lowest BCUT2D eigenvalue weighted by Gasteiger charge is -2.10. The van der Waals surface area contributed by atoms with Crippen LogP contribution in [0.25, 0.3) is 11.3 Å². The molecule has 0 aliphatic rings. The van der Waals surface area contributed by atoms with Crippen LogP contribution in [0.5, 0.6) is 0 Å². The Labute approximate surface area is 144 Å². The summed E-state index contributed by atoms with van der Waals surface area (Å²) < 4.78 is 18.8. The van der Waals surface area contributed by atoms with E-state index in [0.29, 0.717) is 6.42 Å². The topological polar surface area (TPSA) is 75.4 Å². The minimum Gasteiger partial charge on any atom is -0.388 e. The molecule has 1 amide bonds. The highest BCUT2D eigenvalue weighted by Gasteiger charge is 2.16. The van der Waals surface area contributed by atoms with Gasteiger partial charge in [0, 0.05) is 12.6 Å². The second kappa shape index (κ2) is 7.72. The molecule has 1 unspecified atom stereocenters. The van der Waals surface area contributed by atoms with E-state index in [4.69, 9.17) is 4.52 Å². The summed E-state index contributed by atoms with van der Waals surface area (Å²) in [6.45, 7) is 0.275. The fraction of sp³-hybridized carbons (Fsp3) is 0.158. The summed E-state index contributed by atoms with van der Waals surface area (Å²) in [5.41, 5.74) is 1.10. The molecule has 1 heterocycles. The number of aliphatic hydroxyl groups is 1. The second-order valence-corrected chi connectivity index (χ2v) is 5.53. The van der Waals surface area contributed by atoms with Crippen molar-refractivity contribution in [1.82, 2.24) is 10.5 Å². The van der Waals surface area contributed by atoms with E-state index in [1.807, 2.05) is 30.3 Å². The van der Waals surface area contributed by atoms with Gasteiger partial charge in [0.2, 0.25) is 0 Å². The number of amides is 1. The molecule has 6 heteroatoms. The predicted molar refractivity (Wildman–Crippen MR) is 90.2 cm³/mol. The van der Waals surface area contributed by atoms with Crippen molar-refractivity contribution in [3.8, 4) is 11.3 Å². The van der Waals surface area contributed by atoms with Gasteiger partial charge in [-0.25, -0.2) is 4.39 Å². The van der Waals surface area contributed by atoms with E-state index in [1.165, 1.54) is 12.1 Å². The van der Waals surface area contributed by atoms with E-state index >= 15 is 0 Å². The number of nitrogens with one attached hydrogen (secondary N) is 1. The molecule has 0 spiro atoms. The van der Waals surface area contributed by atoms with Crippen LogP contribution in [-0.2, 0) is 0 Å². The molecule has 0 radical (unpaired) electrons. The van der Waals surface area contributed by atoms with Crippen LogP contribution in [-0.4, -0.2) is 22.7 Å². The second-order valence-electron chi connectivity index (χ2n) is 5.53. The first-order valence-corrected chi connectivity index (χ1v) is 7.88. The molecule has 2 aromatic carbocycles. The highest BCUT2D eigenvalue weighted by Crippen LogP contribution is 2.23. The summed E-state index contributed by atoms with van der Waals surface area (Å²) in [5, 5.41) is 16.4. The van der Waals surface area contributed by atoms with Crippen LogP contribution >= 0.6 is 0 Å². The summed E-state index contributed by atoms with van der Waals surface area (Å²) in [6.07, 6.45) is -0.291. The van der Waals surface area contributed by atoms with Crippen LogP contribution in [0.4, 0.5) is 4.39 Å². The van der Waals surface area contributed by atoms with Crippen LogP contribution in [0.3, 0.4) is 0 Å². The number of nitrogens with zero attached hydrogens (tertiary/aromatic N) is 1. The molecule has 0 saturated heterocycles. The minimum absolute atomic E-state index is 0.0625. The molecule has 2 N–H and O–H groups in total. The number of halogens is 1. The minimum atomic E-state index is -0.659. The van der Waals surface area contributed by atoms with Crippen molar-refractivity contribution >= 4 is 5.91 Å². The van der Waals surface area contributed by atoms with Gasteiger partial charge in [0.1, 0.15) is 5.82 Å². The molecule has 0 aliphatic heterocycles. The van der Waals surface area contributed by atoms with Gasteiger partial charge in [-0.15, -0.1) is 0 Å². The maximum atomic E-state index is 13.7. The largest absolute Gasteiger partial charge is 0.388 e. The number of carbonyl (C=O) groups is 1. The zero-order valence-corrected chi connectivity index (χ0v) is 13.4. The first-order valence-electron chi connectivity index (χ1n) is 7.88. The molecule has 0 bridgehead atoms. The van der Waals surface area contributed by atoms with E-state index < -0.39 is 17.8 Å². The molecule has 5 nitrogen and oxygen atoms in total. The van der Waals surface area contributed by atoms with Crippen molar-refractivity contribution in [2.45, 2.75) is 12.5 Å². The molecular formula is C19H17FN2O3. The zero-order chi connectivity index (χ0) is 17.6. The Hall–Kier alpha value is -2.99. The Morgan fingerprint density at radius 2 is 1.88 bits per heavy atom. The molecule has 25 heavy (non-hydrogen) atoms. The number of benzene rings is 2. The Balaban J connectivity index is 1.57. The number of rotatable bonds is 6. The third-order valence-corrected chi connectivity index (χ3v) is 3.77. The SMILES string of the molecule is O=C(NCCC(O)c1ccccc1)c1cc(-c2ccccc2F)on1. The molecule has 128 valence electrons. The molecule has 0 saturated carbocycles. The molecule has 1 atom stereocenters. The third kappa shape index (κ3) is 4.10. The molecule has 3 aromatic rings. The quantitative estimate of drug-likeness (QED) is 0.722. The lowest BCUT2D eigenvalue weighted by atomic mass is 10.1. The number of hydrogen-bond acceptors (Lipinski definition) is 4. The average molecular weight is 340 g/mol. The van der Waals surface area contributed by atoms with Gasteiger partial charge in [0.15, 0.2) is 11.5 Å². The van der Waals surface area contributed by atoms with Gasteiger partial charge in [0.25, 0.3) is 5.91 Å². The Morgan fingerprint density at radius 1 is 1.16 bits per heavy atom. The first kappa shape index (κ1) is 16.9. The molecule has 0 fully saturated rings. The number of aromatic nitrogens is 1. The van der Waals surface area contributed by atoms with Gasteiger partial charge < -0.3 is 14.9 Å². The monoisotopic (exact) mass is 340 g/mol. The van der Waals surface area contributed by atoms with Crippen molar-refractivity contribution in [3.63, 3.8) is 0 Å². The van der Waals surface area contributed by atoms with Gasteiger partial charge >= 0.3 is 0 Å².